The van der Waals surface area contributed by atoms with E-state index in [2.05, 4.69) is 9.97 Å². The lowest BCUT2D eigenvalue weighted by atomic mass is 10.0. The van der Waals surface area contributed by atoms with Crippen molar-refractivity contribution in [1.29, 1.82) is 0 Å². The molecule has 28 heavy (non-hydrogen) atoms. The van der Waals surface area contributed by atoms with Crippen molar-refractivity contribution < 1.29 is 22.0 Å². The van der Waals surface area contributed by atoms with E-state index in [1.54, 1.807) is 37.4 Å². The van der Waals surface area contributed by atoms with Crippen molar-refractivity contribution in [3.63, 3.8) is 0 Å². The monoisotopic (exact) mass is 401 g/mol. The number of carbonyl (C=O) groups is 1. The molecular formula is C19H16FN3O4S. The minimum absolute atomic E-state index is 0.114. The molecular weight excluding hydrogens is 385 g/mol. The molecule has 1 aliphatic heterocycles. The van der Waals surface area contributed by atoms with Gasteiger partial charge in [0, 0.05) is 19.7 Å². The summed E-state index contributed by atoms with van der Waals surface area (Å²) < 4.78 is 43.8. The van der Waals surface area contributed by atoms with Crippen molar-refractivity contribution in [1.82, 2.24) is 14.9 Å². The van der Waals surface area contributed by atoms with Gasteiger partial charge < -0.3 is 9.32 Å². The number of carbonyl (C=O) groups excluding carboxylic acids is 1. The van der Waals surface area contributed by atoms with Crippen LogP contribution in [0.4, 0.5) is 4.39 Å². The van der Waals surface area contributed by atoms with Crippen LogP contribution >= 0.6 is 0 Å². The Kier molecular flexibility index (Phi) is 4.26. The molecule has 0 saturated heterocycles. The van der Waals surface area contributed by atoms with Crippen LogP contribution in [0.2, 0.25) is 0 Å². The molecule has 0 radical (unpaired) electrons. The van der Waals surface area contributed by atoms with Crippen LogP contribution in [-0.4, -0.2) is 42.5 Å². The van der Waals surface area contributed by atoms with Crippen LogP contribution < -0.4 is 0 Å². The highest BCUT2D eigenvalue weighted by Gasteiger charge is 2.40. The van der Waals surface area contributed by atoms with Gasteiger partial charge >= 0.3 is 0 Å². The maximum absolute atomic E-state index is 14.2. The molecule has 2 aromatic heterocycles. The Morgan fingerprint density at radius 3 is 2.57 bits per heavy atom. The van der Waals surface area contributed by atoms with E-state index in [0.717, 1.165) is 6.26 Å². The predicted molar refractivity (Wildman–Crippen MR) is 97.8 cm³/mol. The Hall–Kier alpha value is -3.07. The minimum Gasteiger partial charge on any atom is -0.463 e. The van der Waals surface area contributed by atoms with Crippen molar-refractivity contribution >= 4 is 15.7 Å². The lowest BCUT2D eigenvalue weighted by molar-refractivity contribution is 0.0772. The van der Waals surface area contributed by atoms with Crippen LogP contribution in [-0.2, 0) is 16.3 Å². The zero-order chi connectivity index (χ0) is 20.1. The van der Waals surface area contributed by atoms with Gasteiger partial charge in [0.25, 0.3) is 5.91 Å². The van der Waals surface area contributed by atoms with E-state index in [0.29, 0.717) is 5.56 Å². The zero-order valence-electron chi connectivity index (χ0n) is 15.1. The molecule has 0 bridgehead atoms. The Labute approximate surface area is 160 Å². The summed E-state index contributed by atoms with van der Waals surface area (Å²) in [6, 6.07) is 8.81. The molecule has 1 aliphatic rings. The fraction of sp³-hybridized carbons (Fsp3) is 0.211. The average Bonchev–Trinajstić information content (AvgIpc) is 3.26. The SMILES string of the molecule is CN1C(=O)c2c(-c3ccco3)nc(S(C)(=O)=O)nc2C1Cc1ccccc1F. The van der Waals surface area contributed by atoms with Crippen molar-refractivity contribution in [2.24, 2.45) is 0 Å². The number of rotatable bonds is 4. The quantitative estimate of drug-likeness (QED) is 0.624. The summed E-state index contributed by atoms with van der Waals surface area (Å²) in [5.74, 6) is -0.514. The molecule has 0 spiro atoms. The first kappa shape index (κ1) is 18.3. The average molecular weight is 401 g/mol. The molecule has 0 fully saturated rings. The van der Waals surface area contributed by atoms with Crippen molar-refractivity contribution in [2.45, 2.75) is 17.6 Å². The molecule has 4 rings (SSSR count). The first-order valence-electron chi connectivity index (χ1n) is 8.44. The largest absolute Gasteiger partial charge is 0.463 e. The summed E-state index contributed by atoms with van der Waals surface area (Å²) in [5.41, 5.74) is 0.936. The number of benzene rings is 1. The lowest BCUT2D eigenvalue weighted by Crippen LogP contribution is -2.25. The number of halogens is 1. The number of hydrogen-bond donors (Lipinski definition) is 0. The van der Waals surface area contributed by atoms with E-state index < -0.39 is 26.9 Å². The summed E-state index contributed by atoms with van der Waals surface area (Å²) in [6.07, 6.45) is 2.55. The fourth-order valence-electron chi connectivity index (χ4n) is 3.27. The van der Waals surface area contributed by atoms with Gasteiger partial charge in [0.05, 0.1) is 23.6 Å². The van der Waals surface area contributed by atoms with Crippen LogP contribution in [0.15, 0.2) is 52.2 Å². The van der Waals surface area contributed by atoms with Crippen molar-refractivity contribution in [3.8, 4) is 11.5 Å². The Morgan fingerprint density at radius 1 is 1.18 bits per heavy atom. The molecule has 0 aliphatic carbocycles. The number of furan rings is 1. The van der Waals surface area contributed by atoms with Crippen molar-refractivity contribution in [2.75, 3.05) is 13.3 Å². The maximum Gasteiger partial charge on any atom is 0.258 e. The zero-order valence-corrected chi connectivity index (χ0v) is 15.9. The smallest absolute Gasteiger partial charge is 0.258 e. The molecule has 9 heteroatoms. The standard InChI is InChI=1S/C19H16FN3O4S/c1-23-13(10-11-6-3-4-7-12(11)20)16-15(18(23)24)17(14-8-5-9-27-14)22-19(21-16)28(2,25)26/h3-9,13H,10H2,1-2H3. The Bertz CT molecular complexity index is 1180. The number of likely N-dealkylation sites (N-methyl/N-ethyl adjacent to an activating group) is 1. The van der Waals surface area contributed by atoms with Crippen LogP contribution in [0.5, 0.6) is 0 Å². The van der Waals surface area contributed by atoms with E-state index in [1.165, 1.54) is 17.2 Å². The highest BCUT2D eigenvalue weighted by Crippen LogP contribution is 2.39. The van der Waals surface area contributed by atoms with Gasteiger partial charge in [0.15, 0.2) is 5.76 Å². The first-order valence-corrected chi connectivity index (χ1v) is 10.3. The van der Waals surface area contributed by atoms with Crippen LogP contribution in [0.1, 0.15) is 27.7 Å². The molecule has 1 atom stereocenters. The summed E-state index contributed by atoms with van der Waals surface area (Å²) in [6.45, 7) is 0. The summed E-state index contributed by atoms with van der Waals surface area (Å²) in [7, 11) is -2.17. The molecule has 0 saturated carbocycles. The van der Waals surface area contributed by atoms with Crippen LogP contribution in [0.25, 0.3) is 11.5 Å². The second kappa shape index (κ2) is 6.52. The molecule has 0 N–H and O–H groups in total. The van der Waals surface area contributed by atoms with Gasteiger partial charge in [-0.05, 0) is 23.8 Å². The van der Waals surface area contributed by atoms with E-state index in [4.69, 9.17) is 4.42 Å². The van der Waals surface area contributed by atoms with Crippen molar-refractivity contribution in [3.05, 3.63) is 65.3 Å². The Balaban J connectivity index is 1.93. The number of amides is 1. The number of fused-ring (bicyclic) bond motifs is 1. The van der Waals surface area contributed by atoms with Gasteiger partial charge in [-0.15, -0.1) is 0 Å². The van der Waals surface area contributed by atoms with Gasteiger partial charge in [-0.25, -0.2) is 22.8 Å². The van der Waals surface area contributed by atoms with Crippen LogP contribution in [0, 0.1) is 5.82 Å². The summed E-state index contributed by atoms with van der Waals surface area (Å²) in [5, 5.41) is -0.403. The second-order valence-electron chi connectivity index (χ2n) is 6.59. The molecule has 1 unspecified atom stereocenters. The minimum atomic E-state index is -3.75. The van der Waals surface area contributed by atoms with E-state index in [1.807, 2.05) is 0 Å². The van der Waals surface area contributed by atoms with Gasteiger partial charge in [-0.3, -0.25) is 4.79 Å². The third kappa shape index (κ3) is 2.97. The topological polar surface area (TPSA) is 93.4 Å². The normalized spacial score (nSPS) is 16.5. The third-order valence-electron chi connectivity index (χ3n) is 4.69. The highest BCUT2D eigenvalue weighted by atomic mass is 32.2. The predicted octanol–water partition coefficient (Wildman–Crippen LogP) is 2.65. The van der Waals surface area contributed by atoms with E-state index in [-0.39, 0.29) is 35.0 Å². The first-order chi connectivity index (χ1) is 13.3. The number of sulfone groups is 1. The molecule has 144 valence electrons. The van der Waals surface area contributed by atoms with Gasteiger partial charge in [-0.1, -0.05) is 18.2 Å². The maximum atomic E-state index is 14.2. The molecule has 3 heterocycles. The number of aromatic nitrogens is 2. The van der Waals surface area contributed by atoms with E-state index in [9.17, 15) is 17.6 Å². The fourth-order valence-corrected chi connectivity index (χ4v) is 3.79. The molecule has 1 amide bonds. The summed E-state index contributed by atoms with van der Waals surface area (Å²) >= 11 is 0. The molecule has 1 aromatic carbocycles. The number of nitrogens with zero attached hydrogens (tertiary/aromatic N) is 3. The third-order valence-corrected chi connectivity index (χ3v) is 5.54. The number of hydrogen-bond acceptors (Lipinski definition) is 6. The lowest BCUT2D eigenvalue weighted by Gasteiger charge is -2.20. The second-order valence-corrected chi connectivity index (χ2v) is 8.50. The summed E-state index contributed by atoms with van der Waals surface area (Å²) in [4.78, 5) is 22.6. The van der Waals surface area contributed by atoms with Crippen LogP contribution in [0.3, 0.4) is 0 Å². The Morgan fingerprint density at radius 2 is 1.93 bits per heavy atom. The van der Waals surface area contributed by atoms with Gasteiger partial charge in [0.1, 0.15) is 11.5 Å². The molecule has 7 nitrogen and oxygen atoms in total. The van der Waals surface area contributed by atoms with Gasteiger partial charge in [-0.2, -0.15) is 0 Å². The molecule has 3 aromatic rings. The highest BCUT2D eigenvalue weighted by molar-refractivity contribution is 7.90. The van der Waals surface area contributed by atoms with E-state index >= 15 is 0 Å². The van der Waals surface area contributed by atoms with Gasteiger partial charge in [0.2, 0.25) is 15.0 Å².